The number of β-amino-alcohol motifs (C(OH)–C–C–N with tert-alkyl or cyclic N) is 1. The molecule has 150 valence electrons. The minimum absolute atomic E-state index is 0.0133. The second-order valence-electron chi connectivity index (χ2n) is 6.97. The zero-order valence-corrected chi connectivity index (χ0v) is 16.9. The van der Waals surface area contributed by atoms with Crippen LogP contribution in [-0.2, 0) is 0 Å². The fraction of sp³-hybridized carbons (Fsp3) is 0.429. The third-order valence-electron chi connectivity index (χ3n) is 4.78. The van der Waals surface area contributed by atoms with E-state index in [1.807, 2.05) is 22.4 Å². The predicted octanol–water partition coefficient (Wildman–Crippen LogP) is 2.54. The number of rotatable bonds is 7. The van der Waals surface area contributed by atoms with Crippen molar-refractivity contribution in [1.29, 1.82) is 0 Å². The summed E-state index contributed by atoms with van der Waals surface area (Å²) < 4.78 is 5.63. The molecular weight excluding hydrogens is 376 g/mol. The Bertz CT molecular complexity index is 776. The van der Waals surface area contributed by atoms with E-state index in [1.165, 1.54) is 18.3 Å². The summed E-state index contributed by atoms with van der Waals surface area (Å²) in [4.78, 5) is 28.6. The van der Waals surface area contributed by atoms with Crippen molar-refractivity contribution in [3.05, 3.63) is 52.2 Å². The van der Waals surface area contributed by atoms with Crippen LogP contribution in [0.5, 0.6) is 5.75 Å². The van der Waals surface area contributed by atoms with Crippen LogP contribution in [0.15, 0.2) is 41.8 Å². The van der Waals surface area contributed by atoms with Crippen molar-refractivity contribution in [3.63, 3.8) is 0 Å². The van der Waals surface area contributed by atoms with Crippen LogP contribution in [-0.4, -0.2) is 72.0 Å². The van der Waals surface area contributed by atoms with Crippen LogP contribution < -0.4 is 4.74 Å². The highest BCUT2D eigenvalue weighted by molar-refractivity contribution is 7.12. The van der Waals surface area contributed by atoms with E-state index in [9.17, 15) is 14.7 Å². The molecule has 1 saturated heterocycles. The van der Waals surface area contributed by atoms with Gasteiger partial charge in [0, 0.05) is 31.7 Å². The first-order chi connectivity index (χ1) is 13.5. The van der Waals surface area contributed by atoms with Gasteiger partial charge in [-0.1, -0.05) is 6.07 Å². The quantitative estimate of drug-likeness (QED) is 0.721. The molecule has 1 N–H and O–H groups in total. The molecule has 0 radical (unpaired) electrons. The van der Waals surface area contributed by atoms with E-state index in [2.05, 4.69) is 4.90 Å². The van der Waals surface area contributed by atoms with E-state index in [1.54, 1.807) is 24.3 Å². The molecule has 0 aliphatic carbocycles. The van der Waals surface area contributed by atoms with Crippen molar-refractivity contribution in [2.45, 2.75) is 19.4 Å². The number of hydrogen-bond donors (Lipinski definition) is 1. The number of ketones is 1. The van der Waals surface area contributed by atoms with Crippen molar-refractivity contribution in [2.24, 2.45) is 0 Å². The second-order valence-corrected chi connectivity index (χ2v) is 7.92. The highest BCUT2D eigenvalue weighted by atomic mass is 32.1. The monoisotopic (exact) mass is 402 g/mol. The van der Waals surface area contributed by atoms with Gasteiger partial charge in [0.05, 0.1) is 4.88 Å². The fourth-order valence-corrected chi connectivity index (χ4v) is 3.93. The Morgan fingerprint density at radius 2 is 1.93 bits per heavy atom. The average molecular weight is 403 g/mol. The Kier molecular flexibility index (Phi) is 7.19. The van der Waals surface area contributed by atoms with Crippen LogP contribution in [0.3, 0.4) is 0 Å². The first-order valence-corrected chi connectivity index (χ1v) is 10.4. The number of amides is 1. The first kappa shape index (κ1) is 20.5. The standard InChI is InChI=1S/C21H26N2O4S/c1-16(24)17-5-7-19(8-6-17)27-15-18(25)14-22-9-3-10-23(12-11-22)21(26)20-4-2-13-28-20/h2,4-8,13,18,25H,3,9-12,14-15H2,1H3/t18-/m1/s1. The lowest BCUT2D eigenvalue weighted by Crippen LogP contribution is -2.39. The van der Waals surface area contributed by atoms with Crippen molar-refractivity contribution >= 4 is 23.0 Å². The Hall–Kier alpha value is -2.22. The van der Waals surface area contributed by atoms with E-state index in [-0.39, 0.29) is 18.3 Å². The van der Waals surface area contributed by atoms with Gasteiger partial charge < -0.3 is 14.7 Å². The molecule has 1 amide bonds. The van der Waals surface area contributed by atoms with E-state index in [0.29, 0.717) is 24.4 Å². The molecule has 7 heteroatoms. The largest absolute Gasteiger partial charge is 0.491 e. The molecule has 0 unspecified atom stereocenters. The number of Topliss-reactive ketones (excluding diaryl/α,β-unsaturated/α-hetero) is 1. The lowest BCUT2D eigenvalue weighted by atomic mass is 10.1. The number of benzene rings is 1. The Morgan fingerprint density at radius 1 is 1.14 bits per heavy atom. The molecule has 0 bridgehead atoms. The summed E-state index contributed by atoms with van der Waals surface area (Å²) in [5.74, 6) is 0.738. The van der Waals surface area contributed by atoms with Gasteiger partial charge in [-0.3, -0.25) is 14.5 Å². The number of carbonyl (C=O) groups is 2. The molecule has 6 nitrogen and oxygen atoms in total. The molecule has 1 fully saturated rings. The third kappa shape index (κ3) is 5.64. The van der Waals surface area contributed by atoms with Gasteiger partial charge in [0.1, 0.15) is 18.5 Å². The van der Waals surface area contributed by atoms with Gasteiger partial charge in [0.2, 0.25) is 0 Å². The van der Waals surface area contributed by atoms with Crippen molar-refractivity contribution in [3.8, 4) is 5.75 Å². The van der Waals surface area contributed by atoms with E-state index < -0.39 is 6.10 Å². The van der Waals surface area contributed by atoms with E-state index in [0.717, 1.165) is 30.9 Å². The zero-order valence-electron chi connectivity index (χ0n) is 16.0. The second kappa shape index (κ2) is 9.82. The molecule has 1 aliphatic rings. The average Bonchev–Trinajstić information content (AvgIpc) is 3.13. The predicted molar refractivity (Wildman–Crippen MR) is 109 cm³/mol. The van der Waals surface area contributed by atoms with Gasteiger partial charge in [-0.15, -0.1) is 11.3 Å². The fourth-order valence-electron chi connectivity index (χ4n) is 3.24. The maximum absolute atomic E-state index is 12.5. The van der Waals surface area contributed by atoms with Gasteiger partial charge in [-0.25, -0.2) is 0 Å². The zero-order chi connectivity index (χ0) is 19.9. The smallest absolute Gasteiger partial charge is 0.263 e. The maximum atomic E-state index is 12.5. The van der Waals surface area contributed by atoms with Crippen molar-refractivity contribution in [1.82, 2.24) is 9.80 Å². The topological polar surface area (TPSA) is 70.1 Å². The minimum Gasteiger partial charge on any atom is -0.491 e. The van der Waals surface area contributed by atoms with Crippen LogP contribution in [0.25, 0.3) is 0 Å². The summed E-state index contributed by atoms with van der Waals surface area (Å²) in [6.45, 7) is 5.20. The van der Waals surface area contributed by atoms with Gasteiger partial charge in [-0.2, -0.15) is 0 Å². The Balaban J connectivity index is 1.43. The van der Waals surface area contributed by atoms with Gasteiger partial charge in [0.15, 0.2) is 5.78 Å². The number of nitrogens with zero attached hydrogens (tertiary/aromatic N) is 2. The number of thiophene rings is 1. The van der Waals surface area contributed by atoms with Crippen LogP contribution in [0.2, 0.25) is 0 Å². The normalized spacial score (nSPS) is 16.4. The Morgan fingerprint density at radius 3 is 2.61 bits per heavy atom. The van der Waals surface area contributed by atoms with Gasteiger partial charge in [-0.05, 0) is 55.6 Å². The van der Waals surface area contributed by atoms with Crippen molar-refractivity contribution < 1.29 is 19.4 Å². The van der Waals surface area contributed by atoms with Gasteiger partial charge >= 0.3 is 0 Å². The molecule has 1 atom stereocenters. The number of aliphatic hydroxyl groups is 1. The molecule has 2 aromatic rings. The lowest BCUT2D eigenvalue weighted by molar-refractivity contribution is 0.0671. The van der Waals surface area contributed by atoms with Crippen LogP contribution in [0, 0.1) is 0 Å². The Labute approximate surface area is 169 Å². The summed E-state index contributed by atoms with van der Waals surface area (Å²) >= 11 is 1.47. The third-order valence-corrected chi connectivity index (χ3v) is 5.64. The van der Waals surface area contributed by atoms with Gasteiger partial charge in [0.25, 0.3) is 5.91 Å². The molecule has 1 aromatic heterocycles. The highest BCUT2D eigenvalue weighted by Gasteiger charge is 2.22. The number of hydrogen-bond acceptors (Lipinski definition) is 6. The summed E-state index contributed by atoms with van der Waals surface area (Å²) in [6, 6.07) is 10.7. The summed E-state index contributed by atoms with van der Waals surface area (Å²) in [5.41, 5.74) is 0.638. The van der Waals surface area contributed by atoms with Crippen LogP contribution >= 0.6 is 11.3 Å². The van der Waals surface area contributed by atoms with E-state index >= 15 is 0 Å². The van der Waals surface area contributed by atoms with E-state index in [4.69, 9.17) is 4.74 Å². The number of aliphatic hydroxyl groups excluding tert-OH is 1. The first-order valence-electron chi connectivity index (χ1n) is 9.50. The summed E-state index contributed by atoms with van der Waals surface area (Å²) in [6.07, 6.45) is 0.268. The van der Waals surface area contributed by atoms with Crippen LogP contribution in [0.1, 0.15) is 33.4 Å². The molecule has 3 rings (SSSR count). The number of ether oxygens (including phenoxy) is 1. The molecule has 2 heterocycles. The molecule has 28 heavy (non-hydrogen) atoms. The molecule has 1 aliphatic heterocycles. The number of carbonyl (C=O) groups excluding carboxylic acids is 2. The molecule has 0 spiro atoms. The SMILES string of the molecule is CC(=O)c1ccc(OC[C@H](O)CN2CCCN(C(=O)c3cccs3)CC2)cc1. The maximum Gasteiger partial charge on any atom is 0.263 e. The highest BCUT2D eigenvalue weighted by Crippen LogP contribution is 2.15. The molecule has 0 saturated carbocycles. The summed E-state index contributed by atoms with van der Waals surface area (Å²) in [7, 11) is 0. The van der Waals surface area contributed by atoms with Crippen molar-refractivity contribution in [2.75, 3.05) is 39.3 Å². The minimum atomic E-state index is -0.618. The van der Waals surface area contributed by atoms with Crippen LogP contribution in [0.4, 0.5) is 0 Å². The molecular formula is C21H26N2O4S. The lowest BCUT2D eigenvalue weighted by Gasteiger charge is -2.24. The molecule has 1 aromatic carbocycles. The summed E-state index contributed by atoms with van der Waals surface area (Å²) in [5, 5.41) is 12.2.